The summed E-state index contributed by atoms with van der Waals surface area (Å²) in [5, 5.41) is 6.04. The predicted molar refractivity (Wildman–Crippen MR) is 75.0 cm³/mol. The standard InChI is InChI=1S/C14H23N3O2/c1-4-11(3)17-14(18)10-19-13-7-6-12(16-9-13)8-15-5-2/h6-7,9,11,15H,4-5,8,10H2,1-3H3,(H,17,18). The van der Waals surface area contributed by atoms with Gasteiger partial charge in [-0.1, -0.05) is 13.8 Å². The molecule has 0 aromatic carbocycles. The molecule has 0 aliphatic rings. The van der Waals surface area contributed by atoms with Gasteiger partial charge in [0, 0.05) is 12.6 Å². The second kappa shape index (κ2) is 8.48. The van der Waals surface area contributed by atoms with Gasteiger partial charge < -0.3 is 15.4 Å². The molecule has 0 spiro atoms. The van der Waals surface area contributed by atoms with E-state index < -0.39 is 0 Å². The lowest BCUT2D eigenvalue weighted by molar-refractivity contribution is -0.123. The van der Waals surface area contributed by atoms with Crippen molar-refractivity contribution in [3.8, 4) is 5.75 Å². The summed E-state index contributed by atoms with van der Waals surface area (Å²) in [4.78, 5) is 15.8. The van der Waals surface area contributed by atoms with E-state index in [-0.39, 0.29) is 18.6 Å². The maximum Gasteiger partial charge on any atom is 0.258 e. The minimum absolute atomic E-state index is 0.0264. The van der Waals surface area contributed by atoms with Crippen LogP contribution in [0.15, 0.2) is 18.3 Å². The van der Waals surface area contributed by atoms with Crippen LogP contribution in [-0.2, 0) is 11.3 Å². The number of pyridine rings is 1. The van der Waals surface area contributed by atoms with Crippen LogP contribution >= 0.6 is 0 Å². The van der Waals surface area contributed by atoms with Crippen molar-refractivity contribution in [2.75, 3.05) is 13.2 Å². The van der Waals surface area contributed by atoms with Crippen molar-refractivity contribution in [3.63, 3.8) is 0 Å². The molecule has 1 aromatic heterocycles. The molecule has 2 N–H and O–H groups in total. The monoisotopic (exact) mass is 265 g/mol. The number of amides is 1. The number of nitrogens with one attached hydrogen (secondary N) is 2. The van der Waals surface area contributed by atoms with E-state index in [9.17, 15) is 4.79 Å². The number of rotatable bonds is 8. The molecule has 0 fully saturated rings. The van der Waals surface area contributed by atoms with E-state index in [4.69, 9.17) is 4.74 Å². The molecule has 0 aliphatic carbocycles. The third-order valence-corrected chi connectivity index (χ3v) is 2.74. The zero-order chi connectivity index (χ0) is 14.1. The van der Waals surface area contributed by atoms with Crippen LogP contribution in [-0.4, -0.2) is 30.1 Å². The summed E-state index contributed by atoms with van der Waals surface area (Å²) >= 11 is 0. The van der Waals surface area contributed by atoms with E-state index in [1.165, 1.54) is 0 Å². The van der Waals surface area contributed by atoms with Crippen molar-refractivity contribution >= 4 is 5.91 Å². The zero-order valence-electron chi connectivity index (χ0n) is 11.9. The largest absolute Gasteiger partial charge is 0.482 e. The number of hydrogen-bond acceptors (Lipinski definition) is 4. The molecule has 0 radical (unpaired) electrons. The Kier molecular flexibility index (Phi) is 6.89. The van der Waals surface area contributed by atoms with Gasteiger partial charge >= 0.3 is 0 Å². The van der Waals surface area contributed by atoms with Crippen LogP contribution in [0.1, 0.15) is 32.9 Å². The number of aromatic nitrogens is 1. The van der Waals surface area contributed by atoms with Gasteiger partial charge in [0.25, 0.3) is 5.91 Å². The zero-order valence-corrected chi connectivity index (χ0v) is 11.9. The van der Waals surface area contributed by atoms with Crippen LogP contribution in [0.4, 0.5) is 0 Å². The van der Waals surface area contributed by atoms with Gasteiger partial charge in [-0.25, -0.2) is 0 Å². The van der Waals surface area contributed by atoms with E-state index in [1.807, 2.05) is 32.9 Å². The molecule has 0 aliphatic heterocycles. The lowest BCUT2D eigenvalue weighted by atomic mass is 10.2. The van der Waals surface area contributed by atoms with E-state index in [0.29, 0.717) is 5.75 Å². The lowest BCUT2D eigenvalue weighted by Crippen LogP contribution is -2.35. The normalized spacial score (nSPS) is 11.9. The lowest BCUT2D eigenvalue weighted by Gasteiger charge is -2.12. The van der Waals surface area contributed by atoms with Gasteiger partial charge in [-0.05, 0) is 32.0 Å². The molecule has 19 heavy (non-hydrogen) atoms. The first-order chi connectivity index (χ1) is 9.15. The first kappa shape index (κ1) is 15.4. The number of nitrogens with zero attached hydrogens (tertiary/aromatic N) is 1. The number of hydrogen-bond donors (Lipinski definition) is 2. The third kappa shape index (κ3) is 6.20. The Morgan fingerprint density at radius 1 is 1.42 bits per heavy atom. The minimum Gasteiger partial charge on any atom is -0.482 e. The molecule has 0 saturated heterocycles. The van der Waals surface area contributed by atoms with E-state index in [2.05, 4.69) is 15.6 Å². The smallest absolute Gasteiger partial charge is 0.258 e. The molecule has 0 bridgehead atoms. The van der Waals surface area contributed by atoms with E-state index >= 15 is 0 Å². The summed E-state index contributed by atoms with van der Waals surface area (Å²) in [6.07, 6.45) is 2.55. The fourth-order valence-corrected chi connectivity index (χ4v) is 1.42. The van der Waals surface area contributed by atoms with Crippen molar-refractivity contribution < 1.29 is 9.53 Å². The summed E-state index contributed by atoms with van der Waals surface area (Å²) in [5.74, 6) is 0.505. The van der Waals surface area contributed by atoms with Gasteiger partial charge in [0.05, 0.1) is 11.9 Å². The maximum atomic E-state index is 11.5. The SMILES string of the molecule is CCNCc1ccc(OCC(=O)NC(C)CC)cn1. The average Bonchev–Trinajstić information content (AvgIpc) is 2.43. The van der Waals surface area contributed by atoms with Crippen LogP contribution in [0.3, 0.4) is 0 Å². The van der Waals surface area contributed by atoms with Crippen LogP contribution < -0.4 is 15.4 Å². The third-order valence-electron chi connectivity index (χ3n) is 2.74. The highest BCUT2D eigenvalue weighted by Gasteiger charge is 2.06. The van der Waals surface area contributed by atoms with Crippen LogP contribution in [0.25, 0.3) is 0 Å². The molecule has 5 nitrogen and oxygen atoms in total. The highest BCUT2D eigenvalue weighted by atomic mass is 16.5. The summed E-state index contributed by atoms with van der Waals surface area (Å²) in [7, 11) is 0. The summed E-state index contributed by atoms with van der Waals surface area (Å²) in [5.41, 5.74) is 0.957. The van der Waals surface area contributed by atoms with Gasteiger partial charge in [-0.3, -0.25) is 9.78 Å². The molecule has 1 aromatic rings. The number of carbonyl (C=O) groups excluding carboxylic acids is 1. The quantitative estimate of drug-likeness (QED) is 0.747. The second-order valence-corrected chi connectivity index (χ2v) is 4.43. The molecule has 1 unspecified atom stereocenters. The second-order valence-electron chi connectivity index (χ2n) is 4.43. The topological polar surface area (TPSA) is 63.2 Å². The average molecular weight is 265 g/mol. The molecule has 1 heterocycles. The van der Waals surface area contributed by atoms with E-state index in [1.54, 1.807) is 6.20 Å². The Morgan fingerprint density at radius 3 is 2.79 bits per heavy atom. The molecule has 1 atom stereocenters. The highest BCUT2D eigenvalue weighted by Crippen LogP contribution is 2.08. The molecule has 1 rings (SSSR count). The van der Waals surface area contributed by atoms with Gasteiger partial charge in [-0.15, -0.1) is 0 Å². The van der Waals surface area contributed by atoms with Crippen molar-refractivity contribution in [1.82, 2.24) is 15.6 Å². The molecular formula is C14H23N3O2. The van der Waals surface area contributed by atoms with Crippen molar-refractivity contribution in [1.29, 1.82) is 0 Å². The summed E-state index contributed by atoms with van der Waals surface area (Å²) in [6, 6.07) is 3.90. The van der Waals surface area contributed by atoms with Crippen molar-refractivity contribution in [2.24, 2.45) is 0 Å². The van der Waals surface area contributed by atoms with Gasteiger partial charge in [0.15, 0.2) is 6.61 Å². The first-order valence-corrected chi connectivity index (χ1v) is 6.73. The fraction of sp³-hybridized carbons (Fsp3) is 0.571. The Labute approximate surface area is 114 Å². The Morgan fingerprint density at radius 2 is 2.21 bits per heavy atom. The van der Waals surface area contributed by atoms with Crippen molar-refractivity contribution in [3.05, 3.63) is 24.0 Å². The summed E-state index contributed by atoms with van der Waals surface area (Å²) < 4.78 is 5.38. The fourth-order valence-electron chi connectivity index (χ4n) is 1.42. The molecule has 5 heteroatoms. The van der Waals surface area contributed by atoms with Crippen molar-refractivity contribution in [2.45, 2.75) is 39.8 Å². The van der Waals surface area contributed by atoms with Gasteiger partial charge in [0.2, 0.25) is 0 Å². The summed E-state index contributed by atoms with van der Waals surface area (Å²) in [6.45, 7) is 7.72. The minimum atomic E-state index is -0.105. The molecule has 106 valence electrons. The Hall–Kier alpha value is -1.62. The Bertz CT molecular complexity index is 379. The first-order valence-electron chi connectivity index (χ1n) is 6.73. The highest BCUT2D eigenvalue weighted by molar-refractivity contribution is 5.77. The van der Waals surface area contributed by atoms with Gasteiger partial charge in [0.1, 0.15) is 5.75 Å². The van der Waals surface area contributed by atoms with Crippen LogP contribution in [0, 0.1) is 0 Å². The number of ether oxygens (including phenoxy) is 1. The molecule has 1 amide bonds. The van der Waals surface area contributed by atoms with E-state index in [0.717, 1.165) is 25.2 Å². The molecule has 0 saturated carbocycles. The maximum absolute atomic E-state index is 11.5. The van der Waals surface area contributed by atoms with Crippen LogP contribution in [0.2, 0.25) is 0 Å². The molecular weight excluding hydrogens is 242 g/mol. The van der Waals surface area contributed by atoms with Gasteiger partial charge in [-0.2, -0.15) is 0 Å². The van der Waals surface area contributed by atoms with Crippen LogP contribution in [0.5, 0.6) is 5.75 Å². The predicted octanol–water partition coefficient (Wildman–Crippen LogP) is 1.48. The number of carbonyl (C=O) groups is 1. The Balaban J connectivity index is 2.35.